The van der Waals surface area contributed by atoms with E-state index in [9.17, 15) is 22.8 Å². The Morgan fingerprint density at radius 2 is 1.80 bits per heavy atom. The molecule has 2 aliphatic heterocycles. The van der Waals surface area contributed by atoms with Gasteiger partial charge in [-0.25, -0.2) is 4.79 Å². The van der Waals surface area contributed by atoms with E-state index in [1.807, 2.05) is 18.7 Å². The van der Waals surface area contributed by atoms with Gasteiger partial charge in [0.05, 0.1) is 23.1 Å². The minimum absolute atomic E-state index is 0.0194. The summed E-state index contributed by atoms with van der Waals surface area (Å²) < 4.78 is 40.6. The van der Waals surface area contributed by atoms with E-state index in [0.717, 1.165) is 31.7 Å². The predicted molar refractivity (Wildman–Crippen MR) is 124 cm³/mol. The third kappa shape index (κ3) is 5.82. The maximum Gasteiger partial charge on any atom is 0.417 e. The highest BCUT2D eigenvalue weighted by atomic mass is 19.4. The van der Waals surface area contributed by atoms with Crippen molar-refractivity contribution in [3.05, 3.63) is 29.3 Å². The van der Waals surface area contributed by atoms with Crippen LogP contribution in [-0.2, 0) is 11.0 Å². The van der Waals surface area contributed by atoms with E-state index in [4.69, 9.17) is 5.26 Å². The van der Waals surface area contributed by atoms with E-state index in [-0.39, 0.29) is 41.8 Å². The molecule has 7 nitrogen and oxygen atoms in total. The van der Waals surface area contributed by atoms with Crippen LogP contribution in [0.15, 0.2) is 18.2 Å². The number of nitrogens with one attached hydrogen (secondary N) is 2. The highest BCUT2D eigenvalue weighted by Crippen LogP contribution is 2.40. The van der Waals surface area contributed by atoms with Crippen molar-refractivity contribution in [1.29, 1.82) is 5.26 Å². The Labute approximate surface area is 203 Å². The van der Waals surface area contributed by atoms with Crippen LogP contribution in [0.25, 0.3) is 0 Å². The number of halogens is 3. The van der Waals surface area contributed by atoms with E-state index in [1.54, 1.807) is 11.0 Å². The third-order valence-corrected chi connectivity index (χ3v) is 7.26. The second kappa shape index (κ2) is 9.96. The number of rotatable bonds is 5. The van der Waals surface area contributed by atoms with Crippen molar-refractivity contribution in [3.8, 4) is 6.07 Å². The zero-order valence-corrected chi connectivity index (χ0v) is 20.1. The highest BCUT2D eigenvalue weighted by Gasteiger charge is 2.44. The Morgan fingerprint density at radius 3 is 2.37 bits per heavy atom. The van der Waals surface area contributed by atoms with Crippen LogP contribution >= 0.6 is 0 Å². The van der Waals surface area contributed by atoms with Crippen molar-refractivity contribution in [2.75, 3.05) is 31.1 Å². The zero-order valence-electron chi connectivity index (χ0n) is 20.1. The number of nitrogens with zero attached hydrogens (tertiary/aromatic N) is 3. The van der Waals surface area contributed by atoms with Crippen LogP contribution in [0.3, 0.4) is 0 Å². The highest BCUT2D eigenvalue weighted by molar-refractivity contribution is 5.81. The summed E-state index contributed by atoms with van der Waals surface area (Å²) in [5, 5.41) is 15.1. The van der Waals surface area contributed by atoms with Crippen LogP contribution in [0.1, 0.15) is 50.7 Å². The molecule has 0 radical (unpaired) electrons. The van der Waals surface area contributed by atoms with Gasteiger partial charge in [0.2, 0.25) is 5.91 Å². The van der Waals surface area contributed by atoms with Crippen molar-refractivity contribution in [2.24, 2.45) is 17.8 Å². The van der Waals surface area contributed by atoms with Crippen LogP contribution in [-0.4, -0.2) is 55.1 Å². The molecular weight excluding hydrogens is 459 g/mol. The Bertz CT molecular complexity index is 994. The molecule has 2 N–H and O–H groups in total. The number of likely N-dealkylation sites (tertiary alicyclic amines) is 1. The van der Waals surface area contributed by atoms with Crippen molar-refractivity contribution >= 4 is 17.6 Å². The molecule has 10 heteroatoms. The van der Waals surface area contributed by atoms with Gasteiger partial charge < -0.3 is 20.4 Å². The number of nitriles is 1. The first kappa shape index (κ1) is 25.1. The van der Waals surface area contributed by atoms with Gasteiger partial charge in [-0.1, -0.05) is 0 Å². The van der Waals surface area contributed by atoms with Crippen molar-refractivity contribution in [2.45, 2.75) is 57.8 Å². The lowest BCUT2D eigenvalue weighted by Crippen LogP contribution is -2.48. The predicted octanol–water partition coefficient (Wildman–Crippen LogP) is 3.74. The van der Waals surface area contributed by atoms with Gasteiger partial charge in [-0.3, -0.25) is 4.79 Å². The number of urea groups is 1. The van der Waals surface area contributed by atoms with E-state index >= 15 is 0 Å². The SMILES string of the molecule is CC(C)NC(=O)N1CCC([C@@H]2CN(c3ccc(C#N)c(C(F)(F)F)c3)C[C@H]2C(=O)NC2CC2)CC1. The first-order valence-corrected chi connectivity index (χ1v) is 12.3. The van der Waals surface area contributed by atoms with E-state index < -0.39 is 17.3 Å². The van der Waals surface area contributed by atoms with Crippen molar-refractivity contribution in [3.63, 3.8) is 0 Å². The molecule has 1 aliphatic carbocycles. The molecule has 190 valence electrons. The standard InChI is InChI=1S/C25H32F3N5O2/c1-15(2)30-24(35)32-9-7-16(8-10-32)20-13-33(14-21(20)23(34)31-18-4-5-18)19-6-3-17(12-29)22(11-19)25(26,27)28/h3,6,11,15-16,18,20-21H,4-5,7-10,13-14H2,1-2H3,(H,30,35)(H,31,34)/t20-,21+/m0/s1. The normalized spacial score (nSPS) is 23.3. The average Bonchev–Trinajstić information content (AvgIpc) is 3.51. The van der Waals surface area contributed by atoms with Crippen LogP contribution in [0, 0.1) is 29.1 Å². The number of anilines is 1. The molecule has 0 bridgehead atoms. The Kier molecular flexibility index (Phi) is 7.15. The van der Waals surface area contributed by atoms with Crippen LogP contribution in [0.4, 0.5) is 23.7 Å². The molecule has 0 spiro atoms. The largest absolute Gasteiger partial charge is 0.417 e. The molecule has 2 heterocycles. The van der Waals surface area contributed by atoms with Gasteiger partial charge in [-0.2, -0.15) is 18.4 Å². The van der Waals surface area contributed by atoms with Gasteiger partial charge >= 0.3 is 12.2 Å². The lowest BCUT2D eigenvalue weighted by Gasteiger charge is -2.36. The molecule has 35 heavy (non-hydrogen) atoms. The number of carbonyl (C=O) groups excluding carboxylic acids is 2. The van der Waals surface area contributed by atoms with Gasteiger partial charge in [0.15, 0.2) is 0 Å². The zero-order chi connectivity index (χ0) is 25.3. The van der Waals surface area contributed by atoms with Crippen LogP contribution in [0.2, 0.25) is 0 Å². The average molecular weight is 492 g/mol. The van der Waals surface area contributed by atoms with Gasteiger partial charge in [0.25, 0.3) is 0 Å². The Hall–Kier alpha value is -2.96. The summed E-state index contributed by atoms with van der Waals surface area (Å²) in [4.78, 5) is 29.1. The van der Waals surface area contributed by atoms with E-state index in [2.05, 4.69) is 10.6 Å². The maximum absolute atomic E-state index is 13.5. The summed E-state index contributed by atoms with van der Waals surface area (Å²) in [6.07, 6.45) is -1.22. The number of hydrogen-bond donors (Lipinski definition) is 2. The molecule has 1 aromatic carbocycles. The number of hydrogen-bond acceptors (Lipinski definition) is 4. The Morgan fingerprint density at radius 1 is 1.11 bits per heavy atom. The van der Waals surface area contributed by atoms with Crippen LogP contribution in [0.5, 0.6) is 0 Å². The molecule has 0 unspecified atom stereocenters. The fraction of sp³-hybridized carbons (Fsp3) is 0.640. The second-order valence-corrected chi connectivity index (χ2v) is 10.2. The molecule has 3 fully saturated rings. The summed E-state index contributed by atoms with van der Waals surface area (Å²) in [7, 11) is 0. The lowest BCUT2D eigenvalue weighted by atomic mass is 9.78. The van der Waals surface area contributed by atoms with Gasteiger partial charge in [0, 0.05) is 44.0 Å². The number of piperidine rings is 1. The molecule has 2 atom stereocenters. The quantitative estimate of drug-likeness (QED) is 0.657. The number of amides is 3. The molecule has 3 amide bonds. The molecule has 4 rings (SSSR count). The first-order chi connectivity index (χ1) is 16.6. The summed E-state index contributed by atoms with van der Waals surface area (Å²) in [6.45, 7) is 5.80. The molecule has 0 aromatic heterocycles. The van der Waals surface area contributed by atoms with Gasteiger partial charge in [0.1, 0.15) is 0 Å². The minimum atomic E-state index is -4.63. The first-order valence-electron chi connectivity index (χ1n) is 12.3. The van der Waals surface area contributed by atoms with E-state index in [1.165, 1.54) is 12.1 Å². The molecule has 1 saturated carbocycles. The smallest absolute Gasteiger partial charge is 0.370 e. The molecule has 3 aliphatic rings. The second-order valence-electron chi connectivity index (χ2n) is 10.2. The Balaban J connectivity index is 1.51. The van der Waals surface area contributed by atoms with E-state index in [0.29, 0.717) is 31.9 Å². The van der Waals surface area contributed by atoms with Crippen molar-refractivity contribution in [1.82, 2.24) is 15.5 Å². The number of carbonyl (C=O) groups is 2. The fourth-order valence-corrected chi connectivity index (χ4v) is 5.26. The summed E-state index contributed by atoms with van der Waals surface area (Å²) in [5.41, 5.74) is -0.992. The minimum Gasteiger partial charge on any atom is -0.370 e. The molecular formula is C25H32F3N5O2. The monoisotopic (exact) mass is 491 g/mol. The maximum atomic E-state index is 13.5. The van der Waals surface area contributed by atoms with Gasteiger partial charge in [-0.05, 0) is 69.6 Å². The summed E-state index contributed by atoms with van der Waals surface area (Å²) in [5.74, 6) is -0.196. The third-order valence-electron chi connectivity index (χ3n) is 7.26. The topological polar surface area (TPSA) is 88.5 Å². The van der Waals surface area contributed by atoms with Crippen molar-refractivity contribution < 1.29 is 22.8 Å². The van der Waals surface area contributed by atoms with Gasteiger partial charge in [-0.15, -0.1) is 0 Å². The summed E-state index contributed by atoms with van der Waals surface area (Å²) in [6, 6.07) is 5.54. The lowest BCUT2D eigenvalue weighted by molar-refractivity contribution is -0.137. The number of alkyl halides is 3. The summed E-state index contributed by atoms with van der Waals surface area (Å²) >= 11 is 0. The van der Waals surface area contributed by atoms with Crippen LogP contribution < -0.4 is 15.5 Å². The molecule has 2 saturated heterocycles. The molecule has 1 aromatic rings. The fourth-order valence-electron chi connectivity index (χ4n) is 5.26. The number of benzene rings is 1.